The third-order valence-electron chi connectivity index (χ3n) is 4.12. The zero-order valence-corrected chi connectivity index (χ0v) is 12.1. The number of hydrogen-bond acceptors (Lipinski definition) is 3. The highest BCUT2D eigenvalue weighted by Gasteiger charge is 2.23. The molecule has 0 atom stereocenters. The van der Waals surface area contributed by atoms with Gasteiger partial charge in [-0.3, -0.25) is 0 Å². The maximum absolute atomic E-state index is 8.77. The third-order valence-corrected chi connectivity index (χ3v) is 4.12. The lowest BCUT2D eigenvalue weighted by Gasteiger charge is -2.36. The van der Waals surface area contributed by atoms with E-state index in [1.165, 1.54) is 64.5 Å². The summed E-state index contributed by atoms with van der Waals surface area (Å²) in [6.45, 7) is 5.09. The molecule has 1 aliphatic carbocycles. The van der Waals surface area contributed by atoms with Crippen LogP contribution < -0.4 is 5.73 Å². The predicted molar refractivity (Wildman–Crippen MR) is 77.6 cm³/mol. The van der Waals surface area contributed by atoms with Crippen molar-refractivity contribution < 1.29 is 5.11 Å². The number of aliphatic hydroxyl groups is 1. The fourth-order valence-electron chi connectivity index (χ4n) is 3.01. The van der Waals surface area contributed by atoms with Crippen LogP contribution in [0.1, 0.15) is 64.7 Å². The van der Waals surface area contributed by atoms with Crippen LogP contribution in [0.5, 0.6) is 0 Å². The van der Waals surface area contributed by atoms with Crippen molar-refractivity contribution in [3.8, 4) is 0 Å². The van der Waals surface area contributed by atoms with Crippen molar-refractivity contribution in [3.63, 3.8) is 0 Å². The fraction of sp³-hybridized carbons (Fsp3) is 1.00. The van der Waals surface area contributed by atoms with Crippen molar-refractivity contribution in [1.29, 1.82) is 0 Å². The predicted octanol–water partition coefficient (Wildman–Crippen LogP) is 2.52. The molecule has 0 radical (unpaired) electrons. The van der Waals surface area contributed by atoms with Crippen LogP contribution in [0.25, 0.3) is 0 Å². The van der Waals surface area contributed by atoms with Gasteiger partial charge in [0.1, 0.15) is 0 Å². The van der Waals surface area contributed by atoms with E-state index in [1.54, 1.807) is 0 Å². The fourth-order valence-corrected chi connectivity index (χ4v) is 3.01. The zero-order chi connectivity index (χ0) is 13.2. The molecule has 0 aliphatic heterocycles. The summed E-state index contributed by atoms with van der Waals surface area (Å²) >= 11 is 0. The molecule has 0 saturated heterocycles. The molecule has 0 aromatic heterocycles. The number of rotatable bonds is 9. The second kappa shape index (κ2) is 9.76. The molecule has 3 N–H and O–H groups in total. The Balaban J connectivity index is 2.21. The van der Waals surface area contributed by atoms with E-state index in [0.29, 0.717) is 12.6 Å². The largest absolute Gasteiger partial charge is 0.396 e. The van der Waals surface area contributed by atoms with Crippen LogP contribution in [0.15, 0.2) is 0 Å². The lowest BCUT2D eigenvalue weighted by Crippen LogP contribution is -2.41. The first-order chi connectivity index (χ1) is 8.77. The second-order valence-electron chi connectivity index (χ2n) is 5.74. The molecule has 0 spiro atoms. The highest BCUT2D eigenvalue weighted by molar-refractivity contribution is 4.81. The van der Waals surface area contributed by atoms with Crippen molar-refractivity contribution in [3.05, 3.63) is 0 Å². The molecule has 0 bridgehead atoms. The molecule has 3 nitrogen and oxygen atoms in total. The zero-order valence-electron chi connectivity index (χ0n) is 12.1. The molecule has 0 aromatic rings. The van der Waals surface area contributed by atoms with Crippen molar-refractivity contribution in [2.75, 3.05) is 19.7 Å². The summed E-state index contributed by atoms with van der Waals surface area (Å²) in [5, 5.41) is 8.77. The van der Waals surface area contributed by atoms with Gasteiger partial charge in [0.15, 0.2) is 0 Å². The van der Waals surface area contributed by atoms with Gasteiger partial charge in [0.2, 0.25) is 0 Å². The SMILES string of the molecule is CCCN(CCCCCCO)C1CCC(N)CC1. The van der Waals surface area contributed by atoms with Gasteiger partial charge in [-0.1, -0.05) is 19.8 Å². The Hall–Kier alpha value is -0.120. The van der Waals surface area contributed by atoms with Crippen LogP contribution in [-0.4, -0.2) is 41.8 Å². The Morgan fingerprint density at radius 1 is 1.00 bits per heavy atom. The summed E-state index contributed by atoms with van der Waals surface area (Å²) in [7, 11) is 0. The maximum Gasteiger partial charge on any atom is 0.0431 e. The molecule has 0 unspecified atom stereocenters. The molecule has 1 rings (SSSR count). The number of unbranched alkanes of at least 4 members (excludes halogenated alkanes) is 3. The normalized spacial score (nSPS) is 24.7. The molecule has 1 fully saturated rings. The van der Waals surface area contributed by atoms with Crippen molar-refractivity contribution in [2.45, 2.75) is 76.8 Å². The van der Waals surface area contributed by atoms with E-state index >= 15 is 0 Å². The highest BCUT2D eigenvalue weighted by atomic mass is 16.2. The van der Waals surface area contributed by atoms with Crippen LogP contribution in [-0.2, 0) is 0 Å². The number of nitrogens with zero attached hydrogens (tertiary/aromatic N) is 1. The average Bonchev–Trinajstić information content (AvgIpc) is 2.38. The van der Waals surface area contributed by atoms with Gasteiger partial charge in [0, 0.05) is 18.7 Å². The molecule has 0 aromatic carbocycles. The monoisotopic (exact) mass is 256 g/mol. The summed E-state index contributed by atoms with van der Waals surface area (Å²) < 4.78 is 0. The summed E-state index contributed by atoms with van der Waals surface area (Å²) in [6, 6.07) is 1.23. The summed E-state index contributed by atoms with van der Waals surface area (Å²) in [5.41, 5.74) is 5.98. The molecule has 18 heavy (non-hydrogen) atoms. The standard InChI is InChI=1S/C15H32N2O/c1-2-11-17(12-5-3-4-6-13-18)15-9-7-14(16)8-10-15/h14-15,18H,2-13,16H2,1H3. The quantitative estimate of drug-likeness (QED) is 0.623. The van der Waals surface area contributed by atoms with E-state index in [-0.39, 0.29) is 0 Å². The topological polar surface area (TPSA) is 49.5 Å². The summed E-state index contributed by atoms with van der Waals surface area (Å²) in [5.74, 6) is 0. The molecular weight excluding hydrogens is 224 g/mol. The molecule has 0 amide bonds. The van der Waals surface area contributed by atoms with Gasteiger partial charge in [-0.25, -0.2) is 0 Å². The van der Waals surface area contributed by atoms with Gasteiger partial charge in [-0.15, -0.1) is 0 Å². The maximum atomic E-state index is 8.77. The molecule has 1 saturated carbocycles. The first-order valence-electron chi connectivity index (χ1n) is 7.88. The van der Waals surface area contributed by atoms with Gasteiger partial charge in [-0.05, 0) is 58.0 Å². The minimum Gasteiger partial charge on any atom is -0.396 e. The van der Waals surface area contributed by atoms with E-state index in [1.807, 2.05) is 0 Å². The van der Waals surface area contributed by atoms with E-state index in [0.717, 1.165) is 12.5 Å². The first-order valence-corrected chi connectivity index (χ1v) is 7.88. The van der Waals surface area contributed by atoms with Crippen LogP contribution in [0.4, 0.5) is 0 Å². The van der Waals surface area contributed by atoms with Crippen LogP contribution in [0.3, 0.4) is 0 Å². The number of nitrogens with two attached hydrogens (primary N) is 1. The highest BCUT2D eigenvalue weighted by Crippen LogP contribution is 2.22. The first kappa shape index (κ1) is 15.9. The molecule has 3 heteroatoms. The van der Waals surface area contributed by atoms with E-state index in [2.05, 4.69) is 11.8 Å². The average molecular weight is 256 g/mol. The van der Waals surface area contributed by atoms with Crippen LogP contribution >= 0.6 is 0 Å². The van der Waals surface area contributed by atoms with E-state index < -0.39 is 0 Å². The third kappa shape index (κ3) is 6.17. The summed E-state index contributed by atoms with van der Waals surface area (Å²) in [4.78, 5) is 2.69. The number of aliphatic hydroxyl groups excluding tert-OH is 1. The molecule has 1 aliphatic rings. The van der Waals surface area contributed by atoms with Crippen LogP contribution in [0, 0.1) is 0 Å². The Labute approximate surface area is 113 Å². The Morgan fingerprint density at radius 3 is 2.28 bits per heavy atom. The van der Waals surface area contributed by atoms with E-state index in [9.17, 15) is 0 Å². The van der Waals surface area contributed by atoms with Gasteiger partial charge in [-0.2, -0.15) is 0 Å². The lowest BCUT2D eigenvalue weighted by atomic mass is 9.90. The minimum absolute atomic E-state index is 0.346. The number of hydrogen-bond donors (Lipinski definition) is 2. The van der Waals surface area contributed by atoms with Gasteiger partial charge < -0.3 is 15.7 Å². The smallest absolute Gasteiger partial charge is 0.0431 e. The Bertz CT molecular complexity index is 191. The Kier molecular flexibility index (Phi) is 8.64. The molecule has 0 heterocycles. The Morgan fingerprint density at radius 2 is 1.67 bits per heavy atom. The van der Waals surface area contributed by atoms with Crippen LogP contribution in [0.2, 0.25) is 0 Å². The molecular formula is C15H32N2O. The van der Waals surface area contributed by atoms with Gasteiger partial charge >= 0.3 is 0 Å². The minimum atomic E-state index is 0.346. The molecule has 108 valence electrons. The van der Waals surface area contributed by atoms with Gasteiger partial charge in [0.05, 0.1) is 0 Å². The van der Waals surface area contributed by atoms with E-state index in [4.69, 9.17) is 10.8 Å². The van der Waals surface area contributed by atoms with Crippen molar-refractivity contribution in [1.82, 2.24) is 4.90 Å². The lowest BCUT2D eigenvalue weighted by molar-refractivity contribution is 0.146. The second-order valence-corrected chi connectivity index (χ2v) is 5.74. The summed E-state index contributed by atoms with van der Waals surface area (Å²) in [6.07, 6.45) is 10.9. The van der Waals surface area contributed by atoms with Crippen molar-refractivity contribution in [2.24, 2.45) is 5.73 Å². The van der Waals surface area contributed by atoms with Gasteiger partial charge in [0.25, 0.3) is 0 Å². The van der Waals surface area contributed by atoms with Crippen molar-refractivity contribution >= 4 is 0 Å².